The smallest absolute Gasteiger partial charge is 0.335 e. The number of rotatable bonds is 5. The first-order chi connectivity index (χ1) is 9.97. The maximum atomic E-state index is 13.2. The van der Waals surface area contributed by atoms with E-state index in [9.17, 15) is 19.3 Å². The SMILES string of the molecule is O=C(O)c1ccnc(CNc2cc(F)ccc2[N+](=O)[O-])c1. The van der Waals surface area contributed by atoms with Crippen molar-refractivity contribution in [3.05, 3.63) is 63.7 Å². The van der Waals surface area contributed by atoms with Crippen molar-refractivity contribution in [3.63, 3.8) is 0 Å². The average Bonchev–Trinajstić information content (AvgIpc) is 2.45. The van der Waals surface area contributed by atoms with Crippen LogP contribution in [0.3, 0.4) is 0 Å². The van der Waals surface area contributed by atoms with E-state index in [-0.39, 0.29) is 23.5 Å². The average molecular weight is 291 g/mol. The minimum absolute atomic E-state index is 0.00234. The molecule has 21 heavy (non-hydrogen) atoms. The van der Waals surface area contributed by atoms with E-state index in [2.05, 4.69) is 10.3 Å². The van der Waals surface area contributed by atoms with E-state index in [1.807, 2.05) is 0 Å². The Hall–Kier alpha value is -3.03. The van der Waals surface area contributed by atoms with Crippen molar-refractivity contribution < 1.29 is 19.2 Å². The molecule has 108 valence electrons. The van der Waals surface area contributed by atoms with Gasteiger partial charge in [-0.1, -0.05) is 0 Å². The Labute approximate surface area is 118 Å². The fourth-order valence-corrected chi connectivity index (χ4v) is 1.70. The summed E-state index contributed by atoms with van der Waals surface area (Å²) in [7, 11) is 0. The number of carboxylic acid groups (broad SMARTS) is 1. The summed E-state index contributed by atoms with van der Waals surface area (Å²) in [5.74, 6) is -1.72. The summed E-state index contributed by atoms with van der Waals surface area (Å²) in [6.07, 6.45) is 1.32. The molecule has 1 heterocycles. The molecule has 0 aliphatic heterocycles. The van der Waals surface area contributed by atoms with Crippen molar-refractivity contribution in [2.45, 2.75) is 6.54 Å². The van der Waals surface area contributed by atoms with Crippen molar-refractivity contribution in [2.75, 3.05) is 5.32 Å². The second-order valence-electron chi connectivity index (χ2n) is 4.11. The first kappa shape index (κ1) is 14.4. The van der Waals surface area contributed by atoms with Crippen LogP contribution in [0, 0.1) is 15.9 Å². The van der Waals surface area contributed by atoms with E-state index in [1.54, 1.807) is 0 Å². The molecule has 0 radical (unpaired) electrons. The molecule has 7 nitrogen and oxygen atoms in total. The van der Waals surface area contributed by atoms with E-state index in [1.165, 1.54) is 18.3 Å². The number of nitro groups is 1. The molecule has 8 heteroatoms. The van der Waals surface area contributed by atoms with E-state index in [0.717, 1.165) is 18.2 Å². The largest absolute Gasteiger partial charge is 0.478 e. The summed E-state index contributed by atoms with van der Waals surface area (Å²) < 4.78 is 13.2. The molecule has 1 aromatic heterocycles. The molecule has 0 aliphatic rings. The predicted octanol–water partition coefficient (Wildman–Crippen LogP) is 2.44. The summed E-state index contributed by atoms with van der Waals surface area (Å²) in [6, 6.07) is 5.71. The van der Waals surface area contributed by atoms with Crippen LogP contribution in [0.25, 0.3) is 0 Å². The highest BCUT2D eigenvalue weighted by Gasteiger charge is 2.14. The van der Waals surface area contributed by atoms with Crippen LogP contribution in [-0.2, 0) is 6.54 Å². The molecule has 0 atom stereocenters. The minimum Gasteiger partial charge on any atom is -0.478 e. The van der Waals surface area contributed by atoms with Crippen LogP contribution in [0.15, 0.2) is 36.5 Å². The van der Waals surface area contributed by atoms with E-state index < -0.39 is 16.7 Å². The maximum Gasteiger partial charge on any atom is 0.335 e. The van der Waals surface area contributed by atoms with Gasteiger partial charge in [0.25, 0.3) is 5.69 Å². The van der Waals surface area contributed by atoms with Gasteiger partial charge in [0.2, 0.25) is 0 Å². The van der Waals surface area contributed by atoms with Gasteiger partial charge in [-0.05, 0) is 18.2 Å². The number of benzene rings is 1. The molecular formula is C13H10FN3O4. The van der Waals surface area contributed by atoms with Gasteiger partial charge in [0, 0.05) is 18.3 Å². The molecule has 0 saturated carbocycles. The lowest BCUT2D eigenvalue weighted by atomic mass is 10.2. The number of aromatic nitrogens is 1. The zero-order valence-electron chi connectivity index (χ0n) is 10.6. The minimum atomic E-state index is -1.10. The Kier molecular flexibility index (Phi) is 4.07. The zero-order valence-corrected chi connectivity index (χ0v) is 10.6. The van der Waals surface area contributed by atoms with Gasteiger partial charge in [0.15, 0.2) is 0 Å². The number of aromatic carboxylic acids is 1. The molecule has 0 bridgehead atoms. The highest BCUT2D eigenvalue weighted by molar-refractivity contribution is 5.87. The highest BCUT2D eigenvalue weighted by atomic mass is 19.1. The zero-order chi connectivity index (χ0) is 15.4. The summed E-state index contributed by atoms with van der Waals surface area (Å²) >= 11 is 0. The van der Waals surface area contributed by atoms with Gasteiger partial charge in [-0.3, -0.25) is 15.1 Å². The third kappa shape index (κ3) is 3.50. The van der Waals surface area contributed by atoms with Crippen molar-refractivity contribution in [1.29, 1.82) is 0 Å². The molecule has 0 fully saturated rings. The fraction of sp³-hybridized carbons (Fsp3) is 0.0769. The number of pyridine rings is 1. The molecule has 0 aliphatic carbocycles. The van der Waals surface area contributed by atoms with Gasteiger partial charge >= 0.3 is 5.97 Å². The van der Waals surface area contributed by atoms with Gasteiger partial charge in [0.1, 0.15) is 11.5 Å². The van der Waals surface area contributed by atoms with E-state index >= 15 is 0 Å². The lowest BCUT2D eigenvalue weighted by Gasteiger charge is -2.07. The Bertz CT molecular complexity index is 706. The van der Waals surface area contributed by atoms with E-state index in [4.69, 9.17) is 5.11 Å². The summed E-state index contributed by atoms with van der Waals surface area (Å²) in [5, 5.41) is 22.4. The van der Waals surface area contributed by atoms with Crippen LogP contribution in [-0.4, -0.2) is 21.0 Å². The van der Waals surface area contributed by atoms with Gasteiger partial charge in [0.05, 0.1) is 22.7 Å². The summed E-state index contributed by atoms with van der Waals surface area (Å²) in [6.45, 7) is 0.0331. The lowest BCUT2D eigenvalue weighted by molar-refractivity contribution is -0.384. The van der Waals surface area contributed by atoms with Gasteiger partial charge < -0.3 is 10.4 Å². The highest BCUT2D eigenvalue weighted by Crippen LogP contribution is 2.25. The van der Waals surface area contributed by atoms with Crippen LogP contribution < -0.4 is 5.32 Å². The first-order valence-electron chi connectivity index (χ1n) is 5.83. The number of hydrogen-bond acceptors (Lipinski definition) is 5. The predicted molar refractivity (Wildman–Crippen MR) is 71.6 cm³/mol. The molecule has 0 unspecified atom stereocenters. The molecule has 0 amide bonds. The van der Waals surface area contributed by atoms with Crippen molar-refractivity contribution in [1.82, 2.24) is 4.98 Å². The second kappa shape index (κ2) is 5.95. The molecule has 0 saturated heterocycles. The Morgan fingerprint density at radius 3 is 2.81 bits per heavy atom. The monoisotopic (exact) mass is 291 g/mol. The quantitative estimate of drug-likeness (QED) is 0.647. The van der Waals surface area contributed by atoms with Crippen LogP contribution in [0.1, 0.15) is 16.1 Å². The normalized spacial score (nSPS) is 10.1. The van der Waals surface area contributed by atoms with Crippen LogP contribution in [0.4, 0.5) is 15.8 Å². The third-order valence-electron chi connectivity index (χ3n) is 2.68. The van der Waals surface area contributed by atoms with E-state index in [0.29, 0.717) is 5.69 Å². The van der Waals surface area contributed by atoms with Crippen molar-refractivity contribution in [3.8, 4) is 0 Å². The molecule has 2 rings (SSSR count). The Balaban J connectivity index is 2.20. The number of nitrogens with one attached hydrogen (secondary N) is 1. The van der Waals surface area contributed by atoms with Gasteiger partial charge in [-0.25, -0.2) is 9.18 Å². The summed E-state index contributed by atoms with van der Waals surface area (Å²) in [5.41, 5.74) is 0.150. The van der Waals surface area contributed by atoms with Gasteiger partial charge in [-0.15, -0.1) is 0 Å². The Morgan fingerprint density at radius 1 is 1.38 bits per heavy atom. The van der Waals surface area contributed by atoms with Crippen LogP contribution in [0.2, 0.25) is 0 Å². The Morgan fingerprint density at radius 2 is 2.14 bits per heavy atom. The molecular weight excluding hydrogens is 281 g/mol. The number of carboxylic acids is 1. The standard InChI is InChI=1S/C13H10FN3O4/c14-9-1-2-12(17(20)21)11(6-9)16-7-10-5-8(13(18)19)3-4-15-10/h1-6,16H,7H2,(H,18,19). The third-order valence-corrected chi connectivity index (χ3v) is 2.68. The number of nitro benzene ring substituents is 1. The number of hydrogen-bond donors (Lipinski definition) is 2. The molecule has 0 spiro atoms. The number of anilines is 1. The molecule has 1 aromatic carbocycles. The van der Waals surface area contributed by atoms with Gasteiger partial charge in [-0.2, -0.15) is 0 Å². The summed E-state index contributed by atoms with van der Waals surface area (Å²) in [4.78, 5) is 25.0. The van der Waals surface area contributed by atoms with Crippen LogP contribution in [0.5, 0.6) is 0 Å². The molecule has 2 aromatic rings. The van der Waals surface area contributed by atoms with Crippen molar-refractivity contribution >= 4 is 17.3 Å². The van der Waals surface area contributed by atoms with Crippen LogP contribution >= 0.6 is 0 Å². The maximum absolute atomic E-state index is 13.2. The first-order valence-corrected chi connectivity index (χ1v) is 5.83. The topological polar surface area (TPSA) is 105 Å². The van der Waals surface area contributed by atoms with Crippen molar-refractivity contribution in [2.24, 2.45) is 0 Å². The number of halogens is 1. The molecule has 2 N–H and O–H groups in total. The second-order valence-corrected chi connectivity index (χ2v) is 4.11. The number of carbonyl (C=O) groups is 1. The fourth-order valence-electron chi connectivity index (χ4n) is 1.70. The lowest BCUT2D eigenvalue weighted by Crippen LogP contribution is -2.06. The number of nitrogens with zero attached hydrogens (tertiary/aromatic N) is 2.